The maximum absolute atomic E-state index is 13.7. The normalized spacial score (nSPS) is 12.2. The van der Waals surface area contributed by atoms with Gasteiger partial charge in [-0.15, -0.1) is 10.2 Å². The number of nitrogens with one attached hydrogen (secondary N) is 1. The van der Waals surface area contributed by atoms with Crippen LogP contribution in [0.1, 0.15) is 41.6 Å². The topological polar surface area (TPSA) is 133 Å². The average molecular weight is 454 g/mol. The quantitative estimate of drug-likeness (QED) is 0.417. The summed E-state index contributed by atoms with van der Waals surface area (Å²) in [5, 5.41) is 15.4. The lowest BCUT2D eigenvalue weighted by Crippen LogP contribution is -2.33. The Hall–Kier alpha value is -4.60. The molecule has 0 unspecified atom stereocenters. The number of carbonyl (C=O) groups is 1. The first-order valence-corrected chi connectivity index (χ1v) is 10.9. The number of aromatic nitrogens is 6. The fourth-order valence-electron chi connectivity index (χ4n) is 4.10. The van der Waals surface area contributed by atoms with E-state index >= 15 is 0 Å². The van der Waals surface area contributed by atoms with E-state index < -0.39 is 11.9 Å². The fraction of sp³-hybridized carbons (Fsp3) is 0.167. The average Bonchev–Trinajstić information content (AvgIpc) is 3.19. The lowest BCUT2D eigenvalue weighted by Gasteiger charge is -2.20. The van der Waals surface area contributed by atoms with Crippen molar-refractivity contribution in [2.24, 2.45) is 0 Å². The molecule has 3 aromatic heterocycles. The molecule has 3 heterocycles. The largest absolute Gasteiger partial charge is 0.381 e. The third-order valence-electron chi connectivity index (χ3n) is 5.71. The Labute approximate surface area is 194 Å². The summed E-state index contributed by atoms with van der Waals surface area (Å²) in [6.07, 6.45) is 3.71. The van der Waals surface area contributed by atoms with E-state index in [1.54, 1.807) is 17.7 Å². The van der Waals surface area contributed by atoms with Gasteiger partial charge < -0.3 is 11.1 Å². The molecule has 34 heavy (non-hydrogen) atoms. The molecule has 2 aromatic carbocycles. The summed E-state index contributed by atoms with van der Waals surface area (Å²) >= 11 is 0. The maximum atomic E-state index is 13.7. The van der Waals surface area contributed by atoms with E-state index in [1.165, 1.54) is 10.7 Å². The Morgan fingerprint density at radius 1 is 1.15 bits per heavy atom. The highest BCUT2D eigenvalue weighted by atomic mass is 16.2. The third kappa shape index (κ3) is 3.45. The number of nitrogens with zero attached hydrogens (tertiary/aromatic N) is 6. The zero-order valence-electron chi connectivity index (χ0n) is 18.6. The Bertz CT molecular complexity index is 1590. The van der Waals surface area contributed by atoms with Crippen LogP contribution in [0.4, 0.5) is 5.82 Å². The summed E-state index contributed by atoms with van der Waals surface area (Å²) in [5.41, 5.74) is 8.31. The Morgan fingerprint density at radius 2 is 1.94 bits per heavy atom. The molecule has 1 amide bonds. The number of aryl methyl sites for hydroxylation is 1. The Balaban J connectivity index is 1.64. The van der Waals surface area contributed by atoms with E-state index in [0.29, 0.717) is 28.8 Å². The Kier molecular flexibility index (Phi) is 5.25. The maximum Gasteiger partial charge on any atom is 0.266 e. The van der Waals surface area contributed by atoms with Crippen LogP contribution in [0.15, 0.2) is 65.7 Å². The molecular formula is C24H22N8O2. The molecule has 3 N–H and O–H groups in total. The van der Waals surface area contributed by atoms with E-state index in [2.05, 4.69) is 20.6 Å². The molecule has 0 saturated carbocycles. The van der Waals surface area contributed by atoms with E-state index in [0.717, 1.165) is 5.56 Å². The lowest BCUT2D eigenvalue weighted by atomic mass is 10.1. The van der Waals surface area contributed by atoms with Crippen molar-refractivity contribution in [2.45, 2.75) is 26.3 Å². The van der Waals surface area contributed by atoms with Crippen molar-refractivity contribution in [3.8, 4) is 5.69 Å². The van der Waals surface area contributed by atoms with Crippen molar-refractivity contribution in [1.29, 1.82) is 0 Å². The molecule has 0 fully saturated rings. The van der Waals surface area contributed by atoms with Gasteiger partial charge in [-0.05, 0) is 37.1 Å². The number of para-hydroxylation sites is 1. The van der Waals surface area contributed by atoms with Crippen LogP contribution in [0.3, 0.4) is 0 Å². The second-order valence-electron chi connectivity index (χ2n) is 7.85. The number of carbonyl (C=O) groups excluding carboxylic acids is 1. The number of nitrogens with two attached hydrogens (primary N) is 1. The van der Waals surface area contributed by atoms with Crippen LogP contribution in [0.5, 0.6) is 0 Å². The molecule has 0 radical (unpaired) electrons. The van der Waals surface area contributed by atoms with Gasteiger partial charge in [0.2, 0.25) is 0 Å². The molecule has 0 bridgehead atoms. The summed E-state index contributed by atoms with van der Waals surface area (Å²) in [5.74, 6) is -0.0621. The SMILES string of the molecule is CCc1cccc2nc([C@H](C)NC(=O)c3c(N)nn4ccnnc34)n(-c3ccccc3)c(=O)c12. The number of hydrogen-bond donors (Lipinski definition) is 2. The third-order valence-corrected chi connectivity index (χ3v) is 5.71. The number of anilines is 1. The molecule has 0 aliphatic rings. The first kappa shape index (κ1) is 21.3. The smallest absolute Gasteiger partial charge is 0.266 e. The van der Waals surface area contributed by atoms with E-state index in [4.69, 9.17) is 10.7 Å². The van der Waals surface area contributed by atoms with Gasteiger partial charge in [-0.3, -0.25) is 14.2 Å². The second kappa shape index (κ2) is 8.39. The van der Waals surface area contributed by atoms with Gasteiger partial charge in [0.05, 0.1) is 35.0 Å². The zero-order chi connectivity index (χ0) is 23.8. The predicted molar refractivity (Wildman–Crippen MR) is 128 cm³/mol. The minimum absolute atomic E-state index is 0.0321. The summed E-state index contributed by atoms with van der Waals surface area (Å²) < 4.78 is 2.94. The van der Waals surface area contributed by atoms with Crippen LogP contribution < -0.4 is 16.6 Å². The zero-order valence-corrected chi connectivity index (χ0v) is 18.6. The van der Waals surface area contributed by atoms with Crippen molar-refractivity contribution in [1.82, 2.24) is 34.7 Å². The van der Waals surface area contributed by atoms with Gasteiger partial charge >= 0.3 is 0 Å². The number of amides is 1. The lowest BCUT2D eigenvalue weighted by molar-refractivity contribution is 0.0940. The summed E-state index contributed by atoms with van der Waals surface area (Å²) in [4.78, 5) is 31.7. The molecule has 0 aliphatic carbocycles. The highest BCUT2D eigenvalue weighted by molar-refractivity contribution is 6.04. The molecule has 10 nitrogen and oxygen atoms in total. The van der Waals surface area contributed by atoms with Crippen LogP contribution in [0.25, 0.3) is 22.2 Å². The molecular weight excluding hydrogens is 432 g/mol. The second-order valence-corrected chi connectivity index (χ2v) is 7.85. The number of nitrogen functional groups attached to an aromatic ring is 1. The molecule has 1 atom stereocenters. The molecule has 170 valence electrons. The summed E-state index contributed by atoms with van der Waals surface area (Å²) in [6, 6.07) is 14.2. The van der Waals surface area contributed by atoms with Gasteiger partial charge in [-0.25, -0.2) is 9.50 Å². The van der Waals surface area contributed by atoms with E-state index in [-0.39, 0.29) is 22.6 Å². The van der Waals surface area contributed by atoms with Crippen LogP contribution in [-0.2, 0) is 6.42 Å². The molecule has 10 heteroatoms. The van der Waals surface area contributed by atoms with Gasteiger partial charge in [0, 0.05) is 0 Å². The van der Waals surface area contributed by atoms with Crippen LogP contribution in [-0.4, -0.2) is 35.3 Å². The number of benzene rings is 2. The predicted octanol–water partition coefficient (Wildman–Crippen LogP) is 2.46. The van der Waals surface area contributed by atoms with E-state index in [9.17, 15) is 9.59 Å². The van der Waals surface area contributed by atoms with Crippen LogP contribution >= 0.6 is 0 Å². The first-order chi connectivity index (χ1) is 16.5. The minimum atomic E-state index is -0.638. The van der Waals surface area contributed by atoms with Crippen molar-refractivity contribution in [3.05, 3.63) is 88.2 Å². The van der Waals surface area contributed by atoms with Gasteiger partial charge in [0.1, 0.15) is 11.4 Å². The standard InChI is InChI=1S/C24H22N8O2/c1-3-15-8-7-11-17-18(15)24(34)32(16-9-5-4-6-10-16)21(28-17)14(2)27-23(33)19-20(25)30-31-13-12-26-29-22(19)31/h4-14H,3H2,1-2H3,(H2,25,30)(H,27,33)/t14-/m0/s1. The van der Waals surface area contributed by atoms with E-state index in [1.807, 2.05) is 55.5 Å². The van der Waals surface area contributed by atoms with Gasteiger partial charge in [0.15, 0.2) is 11.5 Å². The molecule has 0 aliphatic heterocycles. The van der Waals surface area contributed by atoms with Crippen molar-refractivity contribution in [3.63, 3.8) is 0 Å². The van der Waals surface area contributed by atoms with Gasteiger partial charge in [0.25, 0.3) is 11.5 Å². The number of rotatable bonds is 5. The molecule has 0 spiro atoms. The summed E-state index contributed by atoms with van der Waals surface area (Å²) in [7, 11) is 0. The number of hydrogen-bond acceptors (Lipinski definition) is 7. The van der Waals surface area contributed by atoms with Crippen LogP contribution in [0, 0.1) is 0 Å². The first-order valence-electron chi connectivity index (χ1n) is 10.9. The minimum Gasteiger partial charge on any atom is -0.381 e. The van der Waals surface area contributed by atoms with Crippen LogP contribution in [0.2, 0.25) is 0 Å². The molecule has 5 aromatic rings. The molecule has 0 saturated heterocycles. The number of fused-ring (bicyclic) bond motifs is 2. The fourth-order valence-corrected chi connectivity index (χ4v) is 4.10. The molecule has 5 rings (SSSR count). The Morgan fingerprint density at radius 3 is 2.71 bits per heavy atom. The highest BCUT2D eigenvalue weighted by Crippen LogP contribution is 2.22. The van der Waals surface area contributed by atoms with Gasteiger partial charge in [-0.2, -0.15) is 5.10 Å². The highest BCUT2D eigenvalue weighted by Gasteiger charge is 2.25. The monoisotopic (exact) mass is 454 g/mol. The van der Waals surface area contributed by atoms with Crippen molar-refractivity contribution in [2.75, 3.05) is 5.73 Å². The van der Waals surface area contributed by atoms with Gasteiger partial charge in [-0.1, -0.05) is 37.3 Å². The van der Waals surface area contributed by atoms with Crippen molar-refractivity contribution >= 4 is 28.3 Å². The van der Waals surface area contributed by atoms with Crippen molar-refractivity contribution < 1.29 is 4.79 Å². The summed E-state index contributed by atoms with van der Waals surface area (Å²) in [6.45, 7) is 3.77.